The van der Waals surface area contributed by atoms with Crippen LogP contribution in [0.5, 0.6) is 0 Å². The largest absolute Gasteiger partial charge is 0.360 e. The third-order valence-electron chi connectivity index (χ3n) is 2.02. The monoisotopic (exact) mass is 182 g/mol. The van der Waals surface area contributed by atoms with E-state index in [2.05, 4.69) is 25.9 Å². The molecule has 0 saturated heterocycles. The molecule has 0 spiro atoms. The Morgan fingerprint density at radius 2 is 1.77 bits per heavy atom. The van der Waals surface area contributed by atoms with Gasteiger partial charge in [0, 0.05) is 19.7 Å². The summed E-state index contributed by atoms with van der Waals surface area (Å²) in [5.74, 6) is 1.85. The van der Waals surface area contributed by atoms with Gasteiger partial charge in [-0.1, -0.05) is 25.9 Å². The van der Waals surface area contributed by atoms with Crippen LogP contribution in [0.3, 0.4) is 0 Å². The van der Waals surface area contributed by atoms with Crippen molar-refractivity contribution in [3.63, 3.8) is 0 Å². The van der Waals surface area contributed by atoms with Gasteiger partial charge in [-0.2, -0.15) is 0 Å². The average molecular weight is 182 g/mol. The minimum Gasteiger partial charge on any atom is -0.360 e. The van der Waals surface area contributed by atoms with E-state index in [1.54, 1.807) is 0 Å². The second kappa shape index (κ2) is 3.05. The molecule has 0 amide bonds. The van der Waals surface area contributed by atoms with E-state index in [1.165, 1.54) is 5.56 Å². The smallest absolute Gasteiger partial charge is 0.175 e. The zero-order valence-electron chi connectivity index (χ0n) is 9.30. The molecule has 0 N–H and O–H groups in total. The summed E-state index contributed by atoms with van der Waals surface area (Å²) in [5, 5.41) is 4.03. The van der Waals surface area contributed by atoms with E-state index < -0.39 is 0 Å². The summed E-state index contributed by atoms with van der Waals surface area (Å²) in [5.41, 5.74) is 1.28. The zero-order chi connectivity index (χ0) is 10.2. The van der Waals surface area contributed by atoms with Gasteiger partial charge in [-0.05, 0) is 12.3 Å². The third kappa shape index (κ3) is 1.85. The van der Waals surface area contributed by atoms with Crippen molar-refractivity contribution in [1.82, 2.24) is 5.16 Å². The van der Waals surface area contributed by atoms with Crippen LogP contribution in [0.4, 0.5) is 5.82 Å². The molecule has 0 atom stereocenters. The molecule has 0 aliphatic rings. The molecule has 0 fully saturated rings. The maximum atomic E-state index is 5.19. The molecule has 1 heterocycles. The van der Waals surface area contributed by atoms with Crippen molar-refractivity contribution in [2.45, 2.75) is 33.1 Å². The average Bonchev–Trinajstić information content (AvgIpc) is 2.28. The van der Waals surface area contributed by atoms with Gasteiger partial charge in [-0.3, -0.25) is 0 Å². The molecule has 0 bridgehead atoms. The Hall–Kier alpha value is -0.990. The van der Waals surface area contributed by atoms with Crippen LogP contribution < -0.4 is 4.90 Å². The van der Waals surface area contributed by atoms with Gasteiger partial charge in [-0.15, -0.1) is 0 Å². The molecule has 0 radical (unpaired) electrons. The molecule has 3 heteroatoms. The molecule has 0 saturated carbocycles. The molecule has 0 aliphatic carbocycles. The lowest BCUT2D eigenvalue weighted by Crippen LogP contribution is -2.19. The predicted molar refractivity (Wildman–Crippen MR) is 54.3 cm³/mol. The summed E-state index contributed by atoms with van der Waals surface area (Å²) < 4.78 is 5.19. The topological polar surface area (TPSA) is 29.3 Å². The number of aryl methyl sites for hydroxylation is 1. The fraction of sp³-hybridized carbons (Fsp3) is 0.700. The van der Waals surface area contributed by atoms with Crippen molar-refractivity contribution in [2.24, 2.45) is 0 Å². The van der Waals surface area contributed by atoms with E-state index in [1.807, 2.05) is 25.9 Å². The quantitative estimate of drug-likeness (QED) is 0.667. The van der Waals surface area contributed by atoms with Crippen LogP contribution >= 0.6 is 0 Å². The van der Waals surface area contributed by atoms with Gasteiger partial charge in [0.05, 0.1) is 0 Å². The Kier molecular flexibility index (Phi) is 2.37. The van der Waals surface area contributed by atoms with E-state index in [0.29, 0.717) is 0 Å². The Morgan fingerprint density at radius 3 is 2.08 bits per heavy atom. The van der Waals surface area contributed by atoms with Crippen molar-refractivity contribution < 1.29 is 4.52 Å². The molecule has 0 aliphatic heterocycles. The van der Waals surface area contributed by atoms with Crippen LogP contribution in [-0.2, 0) is 5.41 Å². The number of aromatic nitrogens is 1. The van der Waals surface area contributed by atoms with E-state index >= 15 is 0 Å². The van der Waals surface area contributed by atoms with Crippen molar-refractivity contribution in [2.75, 3.05) is 19.0 Å². The first kappa shape index (κ1) is 10.1. The molecule has 1 rings (SSSR count). The molecule has 0 unspecified atom stereocenters. The van der Waals surface area contributed by atoms with Crippen molar-refractivity contribution in [3.8, 4) is 0 Å². The molecule has 0 aromatic carbocycles. The van der Waals surface area contributed by atoms with E-state index in [-0.39, 0.29) is 5.41 Å². The minimum absolute atomic E-state index is 0.0870. The van der Waals surface area contributed by atoms with Gasteiger partial charge in [0.15, 0.2) is 5.82 Å². The summed E-state index contributed by atoms with van der Waals surface area (Å²) in [7, 11) is 3.96. The lowest BCUT2D eigenvalue weighted by Gasteiger charge is -2.21. The highest BCUT2D eigenvalue weighted by atomic mass is 16.5. The highest BCUT2D eigenvalue weighted by Crippen LogP contribution is 2.32. The van der Waals surface area contributed by atoms with Gasteiger partial charge < -0.3 is 9.42 Å². The zero-order valence-corrected chi connectivity index (χ0v) is 9.30. The van der Waals surface area contributed by atoms with Crippen LogP contribution in [0.25, 0.3) is 0 Å². The molecule has 3 nitrogen and oxygen atoms in total. The van der Waals surface area contributed by atoms with Crippen LogP contribution in [0, 0.1) is 6.92 Å². The highest BCUT2D eigenvalue weighted by molar-refractivity contribution is 5.50. The van der Waals surface area contributed by atoms with Crippen molar-refractivity contribution >= 4 is 5.82 Å². The highest BCUT2D eigenvalue weighted by Gasteiger charge is 2.25. The molecule has 1 aromatic rings. The van der Waals surface area contributed by atoms with E-state index in [9.17, 15) is 0 Å². The first-order valence-corrected chi connectivity index (χ1v) is 4.48. The summed E-state index contributed by atoms with van der Waals surface area (Å²) in [6, 6.07) is 0. The number of anilines is 1. The lowest BCUT2D eigenvalue weighted by atomic mass is 9.87. The van der Waals surface area contributed by atoms with Crippen molar-refractivity contribution in [3.05, 3.63) is 11.3 Å². The Balaban J connectivity index is 3.25. The number of hydrogen-bond acceptors (Lipinski definition) is 3. The molecule has 1 aromatic heterocycles. The first-order chi connectivity index (χ1) is 5.84. The second-order valence-electron chi connectivity index (χ2n) is 4.58. The van der Waals surface area contributed by atoms with Crippen LogP contribution in [-0.4, -0.2) is 19.3 Å². The van der Waals surface area contributed by atoms with Crippen molar-refractivity contribution in [1.29, 1.82) is 0 Å². The van der Waals surface area contributed by atoms with Gasteiger partial charge in [0.1, 0.15) is 5.76 Å². The van der Waals surface area contributed by atoms with E-state index in [4.69, 9.17) is 4.52 Å². The van der Waals surface area contributed by atoms with E-state index in [0.717, 1.165) is 11.6 Å². The normalized spacial score (nSPS) is 11.8. The first-order valence-electron chi connectivity index (χ1n) is 4.48. The van der Waals surface area contributed by atoms with Gasteiger partial charge >= 0.3 is 0 Å². The number of rotatable bonds is 1. The van der Waals surface area contributed by atoms with Crippen LogP contribution in [0.2, 0.25) is 0 Å². The fourth-order valence-corrected chi connectivity index (χ4v) is 1.53. The van der Waals surface area contributed by atoms with Gasteiger partial charge in [-0.25, -0.2) is 0 Å². The summed E-state index contributed by atoms with van der Waals surface area (Å²) in [6.45, 7) is 8.46. The molecule has 74 valence electrons. The maximum Gasteiger partial charge on any atom is 0.175 e. The van der Waals surface area contributed by atoms with Crippen LogP contribution in [0.1, 0.15) is 32.1 Å². The number of nitrogens with zero attached hydrogens (tertiary/aromatic N) is 2. The fourth-order valence-electron chi connectivity index (χ4n) is 1.53. The predicted octanol–water partition coefficient (Wildman–Crippen LogP) is 2.35. The summed E-state index contributed by atoms with van der Waals surface area (Å²) >= 11 is 0. The number of hydrogen-bond donors (Lipinski definition) is 0. The standard InChI is InChI=1S/C10H18N2O/c1-7-8(10(2,3)4)9(11-13-7)12(5)6/h1-6H3. The second-order valence-corrected chi connectivity index (χ2v) is 4.58. The van der Waals surface area contributed by atoms with Crippen LogP contribution in [0.15, 0.2) is 4.52 Å². The Bertz CT molecular complexity index is 294. The SMILES string of the molecule is Cc1onc(N(C)C)c1C(C)(C)C. The minimum atomic E-state index is 0.0870. The van der Waals surface area contributed by atoms with Gasteiger partial charge in [0.2, 0.25) is 0 Å². The summed E-state index contributed by atoms with van der Waals surface area (Å²) in [6.07, 6.45) is 0. The molecular weight excluding hydrogens is 164 g/mol. The van der Waals surface area contributed by atoms with Gasteiger partial charge in [0.25, 0.3) is 0 Å². The third-order valence-corrected chi connectivity index (χ3v) is 2.02. The maximum absolute atomic E-state index is 5.19. The Morgan fingerprint density at radius 1 is 1.23 bits per heavy atom. The lowest BCUT2D eigenvalue weighted by molar-refractivity contribution is 0.393. The Labute approximate surface area is 79.7 Å². The summed E-state index contributed by atoms with van der Waals surface area (Å²) in [4.78, 5) is 1.98. The molecular formula is C10H18N2O. The molecule has 13 heavy (non-hydrogen) atoms.